The molecule has 6 nitrogen and oxygen atoms in total. The van der Waals surface area contributed by atoms with E-state index in [0.717, 1.165) is 48.1 Å². The maximum atomic E-state index is 12.9. The Balaban J connectivity index is 1.52. The van der Waals surface area contributed by atoms with Gasteiger partial charge in [0.1, 0.15) is 10.9 Å². The molecule has 1 aliphatic rings. The number of H-pyrrole nitrogens is 1. The van der Waals surface area contributed by atoms with E-state index >= 15 is 0 Å². The Morgan fingerprint density at radius 3 is 2.40 bits per heavy atom. The first kappa shape index (κ1) is 23.6. The fourth-order valence-electron chi connectivity index (χ4n) is 4.49. The van der Waals surface area contributed by atoms with Gasteiger partial charge in [-0.3, -0.25) is 9.89 Å². The number of rotatable bonds is 7. The minimum Gasteiger partial charge on any atom is -0.493 e. The molecule has 1 aliphatic heterocycles. The van der Waals surface area contributed by atoms with Crippen molar-refractivity contribution in [1.29, 1.82) is 0 Å². The van der Waals surface area contributed by atoms with Gasteiger partial charge in [-0.25, -0.2) is 4.68 Å². The summed E-state index contributed by atoms with van der Waals surface area (Å²) in [6.45, 7) is 1.82. The van der Waals surface area contributed by atoms with Crippen LogP contribution in [0.25, 0.3) is 0 Å². The van der Waals surface area contributed by atoms with E-state index in [2.05, 4.69) is 22.1 Å². The maximum absolute atomic E-state index is 12.9. The summed E-state index contributed by atoms with van der Waals surface area (Å²) in [5.41, 5.74) is 2.64. The van der Waals surface area contributed by atoms with Crippen molar-refractivity contribution in [3.05, 3.63) is 105 Å². The zero-order valence-electron chi connectivity index (χ0n) is 19.2. The van der Waals surface area contributed by atoms with Gasteiger partial charge in [-0.1, -0.05) is 78.0 Å². The number of halogens is 1. The number of hydrogen-bond acceptors (Lipinski definition) is 5. The molecule has 180 valence electrons. The molecule has 0 radical (unpaired) electrons. The number of nitrogens with zero attached hydrogens (tertiary/aromatic N) is 2. The second kappa shape index (κ2) is 10.2. The molecule has 0 saturated carbocycles. The molecular formula is C27H26ClN3O3S. The quantitative estimate of drug-likeness (QED) is 0.343. The fraction of sp³-hybridized carbons (Fsp3) is 0.222. The van der Waals surface area contributed by atoms with Crippen LogP contribution in [0.5, 0.6) is 5.88 Å². The SMILES string of the molecule is CO[C@@H]1CCN(c2ccc(C(c3ccccc3)n3[nH]c(=O)c(Sc4ccccc4Cl)c3O)cc2)C1. The van der Waals surface area contributed by atoms with E-state index < -0.39 is 6.04 Å². The molecule has 1 fully saturated rings. The van der Waals surface area contributed by atoms with Crippen LogP contribution in [0.15, 0.2) is 93.4 Å². The van der Waals surface area contributed by atoms with Gasteiger partial charge in [-0.2, -0.15) is 0 Å². The third-order valence-electron chi connectivity index (χ3n) is 6.33. The highest BCUT2D eigenvalue weighted by molar-refractivity contribution is 7.99. The molecule has 1 aromatic heterocycles. The third kappa shape index (κ3) is 4.85. The Labute approximate surface area is 213 Å². The number of nitrogens with one attached hydrogen (secondary N) is 1. The lowest BCUT2D eigenvalue weighted by molar-refractivity contribution is 0.121. The molecule has 2 N–H and O–H groups in total. The Kier molecular flexibility index (Phi) is 6.90. The molecule has 3 aromatic carbocycles. The predicted octanol–water partition coefficient (Wildman–Crippen LogP) is 5.55. The van der Waals surface area contributed by atoms with Crippen molar-refractivity contribution in [2.75, 3.05) is 25.1 Å². The van der Waals surface area contributed by atoms with Crippen molar-refractivity contribution in [2.45, 2.75) is 28.4 Å². The van der Waals surface area contributed by atoms with Crippen molar-refractivity contribution >= 4 is 29.1 Å². The van der Waals surface area contributed by atoms with Crippen LogP contribution in [0.1, 0.15) is 23.6 Å². The standard InChI is InChI=1S/C27H26ClN3O3S/c1-34-21-15-16-30(17-21)20-13-11-19(12-14-20)24(18-7-3-2-4-8-18)31-27(33)25(26(32)29-31)35-23-10-6-5-9-22(23)28/h2-14,21,24,33H,15-17H2,1H3,(H,29,32)/t21-,24?/m1/s1. The molecule has 1 unspecified atom stereocenters. The molecule has 2 heterocycles. The Morgan fingerprint density at radius 2 is 1.71 bits per heavy atom. The number of aromatic amines is 1. The number of methoxy groups -OCH3 is 1. The van der Waals surface area contributed by atoms with Crippen molar-refractivity contribution in [3.8, 4) is 5.88 Å². The van der Waals surface area contributed by atoms with Crippen LogP contribution < -0.4 is 10.5 Å². The van der Waals surface area contributed by atoms with E-state index in [-0.39, 0.29) is 22.4 Å². The smallest absolute Gasteiger partial charge is 0.282 e. The summed E-state index contributed by atoms with van der Waals surface area (Å²) >= 11 is 7.45. The summed E-state index contributed by atoms with van der Waals surface area (Å²) in [6, 6.07) is 24.9. The van der Waals surface area contributed by atoms with Gasteiger partial charge in [0.2, 0.25) is 5.88 Å². The molecule has 35 heavy (non-hydrogen) atoms. The summed E-state index contributed by atoms with van der Waals surface area (Å²) in [5.74, 6) is -0.125. The minimum absolute atomic E-state index is 0.125. The molecule has 1 saturated heterocycles. The van der Waals surface area contributed by atoms with E-state index in [1.54, 1.807) is 13.2 Å². The number of aromatic nitrogens is 2. The molecule has 0 spiro atoms. The average Bonchev–Trinajstić information content (AvgIpc) is 3.47. The van der Waals surface area contributed by atoms with Gasteiger partial charge in [-0.15, -0.1) is 0 Å². The topological polar surface area (TPSA) is 70.5 Å². The number of anilines is 1. The summed E-state index contributed by atoms with van der Waals surface area (Å²) in [4.78, 5) is 16.1. The van der Waals surface area contributed by atoms with Crippen molar-refractivity contribution in [3.63, 3.8) is 0 Å². The van der Waals surface area contributed by atoms with Crippen LogP contribution in [0, 0.1) is 0 Å². The number of benzene rings is 3. The number of ether oxygens (including phenoxy) is 1. The summed E-state index contributed by atoms with van der Waals surface area (Å²) in [6.07, 6.45) is 1.26. The Hall–Kier alpha value is -3.13. The van der Waals surface area contributed by atoms with Crippen molar-refractivity contribution < 1.29 is 9.84 Å². The van der Waals surface area contributed by atoms with E-state index in [4.69, 9.17) is 16.3 Å². The second-order valence-electron chi connectivity index (χ2n) is 8.49. The largest absolute Gasteiger partial charge is 0.493 e. The molecule has 8 heteroatoms. The van der Waals surface area contributed by atoms with Crippen LogP contribution in [0.4, 0.5) is 5.69 Å². The van der Waals surface area contributed by atoms with Gasteiger partial charge in [0, 0.05) is 30.8 Å². The number of hydrogen-bond donors (Lipinski definition) is 2. The van der Waals surface area contributed by atoms with E-state index in [1.807, 2.05) is 60.7 Å². The van der Waals surface area contributed by atoms with E-state index in [9.17, 15) is 9.90 Å². The molecule has 0 aliphatic carbocycles. The highest BCUT2D eigenvalue weighted by Crippen LogP contribution is 2.39. The lowest BCUT2D eigenvalue weighted by Crippen LogP contribution is -2.22. The first-order valence-electron chi connectivity index (χ1n) is 11.4. The van der Waals surface area contributed by atoms with Crippen molar-refractivity contribution in [2.24, 2.45) is 0 Å². The molecule has 0 amide bonds. The van der Waals surface area contributed by atoms with Gasteiger partial charge in [-0.05, 0) is 41.8 Å². The van der Waals surface area contributed by atoms with E-state index in [1.165, 1.54) is 4.68 Å². The monoisotopic (exact) mass is 507 g/mol. The third-order valence-corrected chi connectivity index (χ3v) is 7.92. The van der Waals surface area contributed by atoms with Crippen LogP contribution >= 0.6 is 23.4 Å². The summed E-state index contributed by atoms with van der Waals surface area (Å²) < 4.78 is 7.03. The summed E-state index contributed by atoms with van der Waals surface area (Å²) in [7, 11) is 1.75. The zero-order chi connectivity index (χ0) is 24.4. The van der Waals surface area contributed by atoms with Crippen LogP contribution in [-0.4, -0.2) is 41.2 Å². The molecule has 0 bridgehead atoms. The lowest BCUT2D eigenvalue weighted by atomic mass is 9.98. The Morgan fingerprint density at radius 1 is 1.03 bits per heavy atom. The van der Waals surface area contributed by atoms with Crippen LogP contribution in [0.2, 0.25) is 5.02 Å². The van der Waals surface area contributed by atoms with Gasteiger partial charge in [0.05, 0.1) is 11.1 Å². The van der Waals surface area contributed by atoms with Crippen molar-refractivity contribution in [1.82, 2.24) is 9.78 Å². The predicted molar refractivity (Wildman–Crippen MR) is 140 cm³/mol. The van der Waals surface area contributed by atoms with Gasteiger partial charge < -0.3 is 14.7 Å². The first-order valence-corrected chi connectivity index (χ1v) is 12.6. The summed E-state index contributed by atoms with van der Waals surface area (Å²) in [5, 5.41) is 14.6. The number of aromatic hydroxyl groups is 1. The molecule has 2 atom stereocenters. The maximum Gasteiger partial charge on any atom is 0.282 e. The van der Waals surface area contributed by atoms with E-state index in [0.29, 0.717) is 9.92 Å². The normalized spacial score (nSPS) is 16.5. The van der Waals surface area contributed by atoms with Crippen LogP contribution in [-0.2, 0) is 4.74 Å². The Bertz CT molecular complexity index is 1350. The second-order valence-corrected chi connectivity index (χ2v) is 9.95. The van der Waals surface area contributed by atoms with Crippen LogP contribution in [0.3, 0.4) is 0 Å². The van der Waals surface area contributed by atoms with Gasteiger partial charge >= 0.3 is 0 Å². The fourth-order valence-corrected chi connectivity index (χ4v) is 5.60. The van der Waals surface area contributed by atoms with Gasteiger partial charge in [0.15, 0.2) is 0 Å². The minimum atomic E-state index is -0.413. The molecular weight excluding hydrogens is 482 g/mol. The molecule has 4 aromatic rings. The highest BCUT2D eigenvalue weighted by atomic mass is 35.5. The lowest BCUT2D eigenvalue weighted by Gasteiger charge is -2.23. The average molecular weight is 508 g/mol. The zero-order valence-corrected chi connectivity index (χ0v) is 20.8. The highest BCUT2D eigenvalue weighted by Gasteiger charge is 2.26. The first-order chi connectivity index (χ1) is 17.0. The van der Waals surface area contributed by atoms with Gasteiger partial charge in [0.25, 0.3) is 5.56 Å². The molecule has 5 rings (SSSR count).